The van der Waals surface area contributed by atoms with E-state index in [0.717, 1.165) is 34.4 Å². The summed E-state index contributed by atoms with van der Waals surface area (Å²) in [5.74, 6) is 0. The maximum absolute atomic E-state index is 6.34. The third kappa shape index (κ3) is 5.42. The molecule has 0 aliphatic rings. The summed E-state index contributed by atoms with van der Waals surface area (Å²) in [7, 11) is 1.76. The van der Waals surface area contributed by atoms with Crippen molar-refractivity contribution in [3.63, 3.8) is 0 Å². The van der Waals surface area contributed by atoms with Crippen molar-refractivity contribution in [2.75, 3.05) is 13.7 Å². The highest BCUT2D eigenvalue weighted by Crippen LogP contribution is 2.31. The van der Waals surface area contributed by atoms with Gasteiger partial charge in [0.15, 0.2) is 0 Å². The van der Waals surface area contributed by atoms with Gasteiger partial charge in [-0.25, -0.2) is 0 Å². The molecule has 1 rings (SSSR count). The highest BCUT2D eigenvalue weighted by molar-refractivity contribution is 9.10. The first-order chi connectivity index (χ1) is 8.89. The van der Waals surface area contributed by atoms with Gasteiger partial charge in [0, 0.05) is 22.6 Å². The molecule has 0 aromatic heterocycles. The fourth-order valence-corrected chi connectivity index (χ4v) is 2.80. The normalized spacial score (nSPS) is 13.6. The van der Waals surface area contributed by atoms with E-state index in [2.05, 4.69) is 48.1 Å². The lowest BCUT2D eigenvalue weighted by Crippen LogP contribution is -2.27. The Morgan fingerprint density at radius 2 is 2.11 bits per heavy atom. The number of halogens is 2. The van der Waals surface area contributed by atoms with Crippen LogP contribution in [0.5, 0.6) is 0 Å². The monoisotopic (exact) mass is 347 g/mol. The van der Waals surface area contributed by atoms with Crippen molar-refractivity contribution in [2.24, 2.45) is 0 Å². The van der Waals surface area contributed by atoms with Crippen molar-refractivity contribution in [3.05, 3.63) is 33.3 Å². The molecule has 4 heteroatoms. The summed E-state index contributed by atoms with van der Waals surface area (Å²) in [6, 6.07) is 6.33. The number of rotatable bonds is 7. The molecule has 0 aliphatic heterocycles. The molecule has 0 spiro atoms. The van der Waals surface area contributed by atoms with Gasteiger partial charge in [-0.05, 0) is 50.9 Å². The van der Waals surface area contributed by atoms with Crippen LogP contribution in [0.15, 0.2) is 22.7 Å². The van der Waals surface area contributed by atoms with Crippen molar-refractivity contribution in [1.29, 1.82) is 0 Å². The predicted molar refractivity (Wildman–Crippen MR) is 85.9 cm³/mol. The quantitative estimate of drug-likeness (QED) is 0.752. The van der Waals surface area contributed by atoms with Crippen LogP contribution in [0.25, 0.3) is 0 Å². The summed E-state index contributed by atoms with van der Waals surface area (Å²) in [6.45, 7) is 7.25. The number of ether oxygens (including phenoxy) is 1. The zero-order chi connectivity index (χ0) is 14.5. The SMILES string of the molecule is CCNC(CCC(C)(C)OC)c1ccc(Br)cc1Cl. The van der Waals surface area contributed by atoms with E-state index in [1.54, 1.807) is 7.11 Å². The van der Waals surface area contributed by atoms with Crippen LogP contribution in [0.3, 0.4) is 0 Å². The molecule has 19 heavy (non-hydrogen) atoms. The van der Waals surface area contributed by atoms with E-state index in [4.69, 9.17) is 16.3 Å². The molecule has 108 valence electrons. The smallest absolute Gasteiger partial charge is 0.0623 e. The Bertz CT molecular complexity index is 409. The van der Waals surface area contributed by atoms with Gasteiger partial charge in [-0.15, -0.1) is 0 Å². The average molecular weight is 349 g/mol. The molecule has 0 fully saturated rings. The Morgan fingerprint density at radius 3 is 2.63 bits per heavy atom. The summed E-state index contributed by atoms with van der Waals surface area (Å²) in [5.41, 5.74) is 1.05. The van der Waals surface area contributed by atoms with Crippen molar-refractivity contribution < 1.29 is 4.74 Å². The highest BCUT2D eigenvalue weighted by atomic mass is 79.9. The summed E-state index contributed by atoms with van der Waals surface area (Å²) in [4.78, 5) is 0. The fourth-order valence-electron chi connectivity index (χ4n) is 1.99. The van der Waals surface area contributed by atoms with E-state index in [9.17, 15) is 0 Å². The van der Waals surface area contributed by atoms with Gasteiger partial charge in [0.05, 0.1) is 5.60 Å². The van der Waals surface area contributed by atoms with Crippen LogP contribution in [-0.4, -0.2) is 19.3 Å². The van der Waals surface area contributed by atoms with Crippen LogP contribution in [0, 0.1) is 0 Å². The molecule has 1 N–H and O–H groups in total. The molecule has 0 aliphatic carbocycles. The van der Waals surface area contributed by atoms with Crippen molar-refractivity contribution >= 4 is 27.5 Å². The molecule has 0 bridgehead atoms. The second kappa shape index (κ2) is 7.63. The Morgan fingerprint density at radius 1 is 1.42 bits per heavy atom. The minimum atomic E-state index is -0.102. The number of hydrogen-bond donors (Lipinski definition) is 1. The summed E-state index contributed by atoms with van der Waals surface area (Å²) >= 11 is 9.78. The second-order valence-electron chi connectivity index (χ2n) is 5.28. The molecule has 0 saturated carbocycles. The van der Waals surface area contributed by atoms with Gasteiger partial charge < -0.3 is 10.1 Å². The van der Waals surface area contributed by atoms with Gasteiger partial charge in [0.25, 0.3) is 0 Å². The number of hydrogen-bond acceptors (Lipinski definition) is 2. The van der Waals surface area contributed by atoms with E-state index >= 15 is 0 Å². The molecule has 0 heterocycles. The molecule has 1 aromatic carbocycles. The van der Waals surface area contributed by atoms with E-state index < -0.39 is 0 Å². The minimum Gasteiger partial charge on any atom is -0.379 e. The Hall–Kier alpha value is -0.0900. The molecular weight excluding hydrogens is 326 g/mol. The van der Waals surface area contributed by atoms with Gasteiger partial charge in [-0.1, -0.05) is 40.5 Å². The van der Waals surface area contributed by atoms with E-state index in [1.807, 2.05) is 12.1 Å². The van der Waals surface area contributed by atoms with Crippen molar-refractivity contribution in [2.45, 2.75) is 45.3 Å². The Balaban J connectivity index is 2.82. The van der Waals surface area contributed by atoms with E-state index in [-0.39, 0.29) is 11.6 Å². The van der Waals surface area contributed by atoms with Crippen LogP contribution in [-0.2, 0) is 4.74 Å². The fraction of sp³-hybridized carbons (Fsp3) is 0.600. The summed E-state index contributed by atoms with van der Waals surface area (Å²) in [5, 5.41) is 4.30. The summed E-state index contributed by atoms with van der Waals surface area (Å²) in [6.07, 6.45) is 1.98. The van der Waals surface area contributed by atoms with Gasteiger partial charge in [0.1, 0.15) is 0 Å². The van der Waals surface area contributed by atoms with Crippen LogP contribution < -0.4 is 5.32 Å². The standard InChI is InChI=1S/C15H23BrClNO/c1-5-18-14(8-9-15(2,3)19-4)12-7-6-11(16)10-13(12)17/h6-7,10,14,18H,5,8-9H2,1-4H3. The Kier molecular flexibility index (Phi) is 6.81. The van der Waals surface area contributed by atoms with E-state index in [1.165, 1.54) is 0 Å². The lowest BCUT2D eigenvalue weighted by atomic mass is 9.95. The van der Waals surface area contributed by atoms with Gasteiger partial charge in [-0.2, -0.15) is 0 Å². The maximum Gasteiger partial charge on any atom is 0.0623 e. The molecule has 1 unspecified atom stereocenters. The van der Waals surface area contributed by atoms with Crippen molar-refractivity contribution in [1.82, 2.24) is 5.32 Å². The third-order valence-corrected chi connectivity index (χ3v) is 4.20. The maximum atomic E-state index is 6.34. The van der Waals surface area contributed by atoms with Gasteiger partial charge in [0.2, 0.25) is 0 Å². The first-order valence-electron chi connectivity index (χ1n) is 6.63. The molecule has 0 radical (unpaired) electrons. The highest BCUT2D eigenvalue weighted by Gasteiger charge is 2.21. The minimum absolute atomic E-state index is 0.102. The number of nitrogens with one attached hydrogen (secondary N) is 1. The zero-order valence-corrected chi connectivity index (χ0v) is 14.4. The number of methoxy groups -OCH3 is 1. The van der Waals surface area contributed by atoms with Crippen LogP contribution >= 0.6 is 27.5 Å². The molecule has 1 aromatic rings. The van der Waals surface area contributed by atoms with Crippen LogP contribution in [0.4, 0.5) is 0 Å². The number of benzene rings is 1. The first kappa shape index (κ1) is 17.0. The average Bonchev–Trinajstić information content (AvgIpc) is 2.35. The molecule has 2 nitrogen and oxygen atoms in total. The topological polar surface area (TPSA) is 21.3 Å². The lowest BCUT2D eigenvalue weighted by molar-refractivity contribution is 0.0117. The van der Waals surface area contributed by atoms with E-state index in [0.29, 0.717) is 0 Å². The second-order valence-corrected chi connectivity index (χ2v) is 6.60. The predicted octanol–water partition coefficient (Wildman–Crippen LogP) is 4.96. The van der Waals surface area contributed by atoms with Crippen LogP contribution in [0.2, 0.25) is 5.02 Å². The summed E-state index contributed by atoms with van der Waals surface area (Å²) < 4.78 is 6.49. The van der Waals surface area contributed by atoms with Crippen molar-refractivity contribution in [3.8, 4) is 0 Å². The zero-order valence-electron chi connectivity index (χ0n) is 12.1. The molecule has 1 atom stereocenters. The van der Waals surface area contributed by atoms with Crippen LogP contribution in [0.1, 0.15) is 45.2 Å². The first-order valence-corrected chi connectivity index (χ1v) is 7.80. The third-order valence-electron chi connectivity index (χ3n) is 3.38. The van der Waals surface area contributed by atoms with Gasteiger partial charge in [-0.3, -0.25) is 0 Å². The Labute approximate surface area is 130 Å². The lowest BCUT2D eigenvalue weighted by Gasteiger charge is -2.27. The molecule has 0 amide bonds. The molecular formula is C15H23BrClNO. The molecule has 0 saturated heterocycles. The largest absolute Gasteiger partial charge is 0.379 e. The van der Waals surface area contributed by atoms with Gasteiger partial charge >= 0.3 is 0 Å².